The Labute approximate surface area is 223 Å². The number of aliphatic hydroxyl groups is 1. The lowest BCUT2D eigenvalue weighted by molar-refractivity contribution is -0.108. The van der Waals surface area contributed by atoms with E-state index < -0.39 is 11.6 Å². The van der Waals surface area contributed by atoms with Gasteiger partial charge < -0.3 is 15.3 Å². The number of carbonyl (C=O) groups is 1. The van der Waals surface area contributed by atoms with E-state index in [0.717, 1.165) is 37.8 Å². The van der Waals surface area contributed by atoms with Crippen LogP contribution in [0.2, 0.25) is 0 Å². The molecule has 0 radical (unpaired) electrons. The lowest BCUT2D eigenvalue weighted by Gasteiger charge is -2.13. The second-order valence-corrected chi connectivity index (χ2v) is 9.74. The number of carbonyl (C=O) groups excluding carboxylic acids is 1. The summed E-state index contributed by atoms with van der Waals surface area (Å²) < 4.78 is 29.3. The van der Waals surface area contributed by atoms with Crippen LogP contribution in [0.1, 0.15) is 37.3 Å². The number of aromatic nitrogens is 2. The molecule has 0 saturated carbocycles. The van der Waals surface area contributed by atoms with E-state index >= 15 is 0 Å². The van der Waals surface area contributed by atoms with E-state index in [1.165, 1.54) is 25.0 Å². The summed E-state index contributed by atoms with van der Waals surface area (Å²) in [5, 5.41) is 17.0. The van der Waals surface area contributed by atoms with Gasteiger partial charge in [-0.15, -0.1) is 0 Å². The van der Waals surface area contributed by atoms with E-state index in [4.69, 9.17) is 4.99 Å². The van der Waals surface area contributed by atoms with Crippen molar-refractivity contribution >= 4 is 28.6 Å². The Hall–Kier alpha value is -4.31. The number of hydrogen-bond acceptors (Lipinski definition) is 5. The number of H-pyrrole nitrogens is 1. The molecule has 10 heteroatoms. The fourth-order valence-corrected chi connectivity index (χ4v) is 5.10. The second kappa shape index (κ2) is 11.2. The molecule has 1 saturated heterocycles. The number of halogens is 2. The first-order chi connectivity index (χ1) is 18.8. The quantitative estimate of drug-likeness (QED) is 0.295. The van der Waals surface area contributed by atoms with Gasteiger partial charge in [-0.25, -0.2) is 8.78 Å². The highest BCUT2D eigenvalue weighted by molar-refractivity contribution is 6.08. The van der Waals surface area contributed by atoms with Crippen LogP contribution in [0.4, 0.5) is 8.78 Å². The van der Waals surface area contributed by atoms with E-state index in [1.807, 2.05) is 6.07 Å². The van der Waals surface area contributed by atoms with Crippen LogP contribution >= 0.6 is 0 Å². The summed E-state index contributed by atoms with van der Waals surface area (Å²) in [6.07, 6.45) is 5.69. The minimum atomic E-state index is -0.763. The van der Waals surface area contributed by atoms with Crippen molar-refractivity contribution in [3.05, 3.63) is 98.8 Å². The van der Waals surface area contributed by atoms with Gasteiger partial charge in [0, 0.05) is 30.3 Å². The predicted octanol–water partition coefficient (Wildman–Crippen LogP) is 4.40. The molecule has 1 fully saturated rings. The third-order valence-corrected chi connectivity index (χ3v) is 7.01. The summed E-state index contributed by atoms with van der Waals surface area (Å²) in [6.45, 7) is 5.21. The fourth-order valence-electron chi connectivity index (χ4n) is 5.10. The summed E-state index contributed by atoms with van der Waals surface area (Å²) in [5.74, 6) is -1.62. The molecule has 2 aromatic carbocycles. The molecule has 5 rings (SSSR count). The Morgan fingerprint density at radius 2 is 1.87 bits per heavy atom. The van der Waals surface area contributed by atoms with Crippen LogP contribution in [0.15, 0.2) is 75.5 Å². The number of hydrogen-bond donors (Lipinski definition) is 3. The smallest absolute Gasteiger partial charge is 0.274 e. The Kier molecular flexibility index (Phi) is 7.56. The van der Waals surface area contributed by atoms with Crippen LogP contribution in [-0.2, 0) is 11.3 Å². The number of allylic oxidation sites excluding steroid dienone is 3. The van der Waals surface area contributed by atoms with Crippen molar-refractivity contribution in [3.63, 3.8) is 0 Å². The van der Waals surface area contributed by atoms with Gasteiger partial charge in [0.05, 0.1) is 34.6 Å². The van der Waals surface area contributed by atoms with Crippen molar-refractivity contribution in [1.29, 1.82) is 0 Å². The zero-order valence-corrected chi connectivity index (χ0v) is 21.5. The second-order valence-electron chi connectivity index (χ2n) is 9.74. The largest absolute Gasteiger partial charge is 0.512 e. The van der Waals surface area contributed by atoms with Gasteiger partial charge in [0.25, 0.3) is 5.56 Å². The van der Waals surface area contributed by atoms with Gasteiger partial charge in [0.1, 0.15) is 11.6 Å². The summed E-state index contributed by atoms with van der Waals surface area (Å²) in [7, 11) is 0. The summed E-state index contributed by atoms with van der Waals surface area (Å²) in [4.78, 5) is 31.5. The zero-order valence-electron chi connectivity index (χ0n) is 21.5. The van der Waals surface area contributed by atoms with Crippen LogP contribution in [0.3, 0.4) is 0 Å². The normalized spacial score (nSPS) is 16.8. The molecule has 0 bridgehead atoms. The average molecular weight is 534 g/mol. The minimum absolute atomic E-state index is 0.0331. The Morgan fingerprint density at radius 1 is 1.13 bits per heavy atom. The molecule has 0 atom stereocenters. The molecule has 1 aliphatic carbocycles. The van der Waals surface area contributed by atoms with E-state index in [9.17, 15) is 23.5 Å². The average Bonchev–Trinajstić information content (AvgIpc) is 3.49. The molecule has 0 unspecified atom stereocenters. The first kappa shape index (κ1) is 26.3. The van der Waals surface area contributed by atoms with Crippen LogP contribution in [0.5, 0.6) is 0 Å². The third-order valence-electron chi connectivity index (χ3n) is 7.01. The highest BCUT2D eigenvalue weighted by Gasteiger charge is 2.18. The van der Waals surface area contributed by atoms with Crippen molar-refractivity contribution < 1.29 is 18.7 Å². The van der Waals surface area contributed by atoms with Crippen molar-refractivity contribution in [1.82, 2.24) is 20.0 Å². The number of para-hydroxylation sites is 1. The van der Waals surface area contributed by atoms with Gasteiger partial charge >= 0.3 is 0 Å². The van der Waals surface area contributed by atoms with Gasteiger partial charge in [0.15, 0.2) is 0 Å². The van der Waals surface area contributed by atoms with Gasteiger partial charge in [0.2, 0.25) is 6.41 Å². The highest BCUT2D eigenvalue weighted by atomic mass is 19.1. The van der Waals surface area contributed by atoms with Crippen molar-refractivity contribution in [2.75, 3.05) is 19.6 Å². The van der Waals surface area contributed by atoms with Gasteiger partial charge in [-0.2, -0.15) is 0 Å². The highest BCUT2D eigenvalue weighted by Crippen LogP contribution is 2.29. The number of aromatic amines is 1. The van der Waals surface area contributed by atoms with Gasteiger partial charge in [-0.1, -0.05) is 12.1 Å². The number of nitrogens with zero attached hydrogens (tertiary/aromatic N) is 3. The lowest BCUT2D eigenvalue weighted by atomic mass is 10.0. The summed E-state index contributed by atoms with van der Waals surface area (Å²) in [5.41, 5.74) is 2.91. The number of benzene rings is 2. The van der Waals surface area contributed by atoms with Gasteiger partial charge in [-0.05, 0) is 74.3 Å². The van der Waals surface area contributed by atoms with E-state index in [0.29, 0.717) is 46.4 Å². The summed E-state index contributed by atoms with van der Waals surface area (Å²) in [6, 6.07) is 8.44. The maximum atomic E-state index is 13.9. The number of aliphatic hydroxyl groups excluding tert-OH is 1. The van der Waals surface area contributed by atoms with Crippen molar-refractivity contribution in [3.8, 4) is 0 Å². The molecule has 202 valence electrons. The molecule has 2 heterocycles. The molecule has 1 amide bonds. The number of likely N-dealkylation sites (tertiary alicyclic amines) is 1. The molecule has 1 aliphatic heterocycles. The molecule has 3 aromatic rings. The predicted molar refractivity (Wildman–Crippen MR) is 146 cm³/mol. The monoisotopic (exact) mass is 533 g/mol. The maximum Gasteiger partial charge on any atom is 0.274 e. The van der Waals surface area contributed by atoms with E-state index in [2.05, 4.69) is 15.3 Å². The maximum absolute atomic E-state index is 13.9. The van der Waals surface area contributed by atoms with Crippen molar-refractivity contribution in [2.24, 2.45) is 4.99 Å². The van der Waals surface area contributed by atoms with Crippen LogP contribution < -0.4 is 10.9 Å². The molecular formula is C29H29F2N5O3. The molecule has 39 heavy (non-hydrogen) atoms. The molecule has 8 nitrogen and oxygen atoms in total. The number of aliphatic imine (C=N–C) groups is 1. The van der Waals surface area contributed by atoms with Crippen LogP contribution in [0.25, 0.3) is 16.5 Å². The third kappa shape index (κ3) is 5.75. The Bertz CT molecular complexity index is 1590. The van der Waals surface area contributed by atoms with E-state index in [1.54, 1.807) is 23.7 Å². The van der Waals surface area contributed by atoms with Crippen LogP contribution in [-0.4, -0.2) is 51.5 Å². The zero-order chi connectivity index (χ0) is 27.5. The fraction of sp³-hybridized carbons (Fsp3) is 0.276. The Balaban J connectivity index is 1.53. The standard InChI is InChI=1S/C29H29F2N5O3/c1-18(24-5-4-6-25-28(24)34-36(29(25)39)10-9-35-7-2-3-8-35)33-27-16-23(38)13-20(14-26(27)32-17-37)19-11-21(30)15-22(31)12-19/h4-6,11-15,17,34,38H,2-3,7-10,16H2,1H3,(H,32,37). The molecule has 3 N–H and O–H groups in total. The SMILES string of the molecule is CC(=NC1=C(NC=O)C=C(c2cc(F)cc(F)c2)C=C(O)C1)c1cccc2c(=O)n(CCN3CCCC3)[nH]c12. The molecular weight excluding hydrogens is 504 g/mol. The number of nitrogens with one attached hydrogen (secondary N) is 2. The van der Waals surface area contributed by atoms with Gasteiger partial charge in [-0.3, -0.25) is 24.4 Å². The lowest BCUT2D eigenvalue weighted by Crippen LogP contribution is -2.28. The number of amides is 1. The first-order valence-electron chi connectivity index (χ1n) is 12.8. The van der Waals surface area contributed by atoms with Crippen molar-refractivity contribution in [2.45, 2.75) is 32.7 Å². The topological polar surface area (TPSA) is 103 Å². The molecule has 2 aliphatic rings. The minimum Gasteiger partial charge on any atom is -0.512 e. The number of fused-ring (bicyclic) bond motifs is 1. The molecule has 0 spiro atoms. The summed E-state index contributed by atoms with van der Waals surface area (Å²) >= 11 is 0. The van der Waals surface area contributed by atoms with E-state index in [-0.39, 0.29) is 29.0 Å². The molecule has 1 aromatic heterocycles. The first-order valence-corrected chi connectivity index (χ1v) is 12.8. The number of rotatable bonds is 8. The van der Waals surface area contributed by atoms with Crippen LogP contribution in [0, 0.1) is 11.6 Å². The Morgan fingerprint density at radius 3 is 2.59 bits per heavy atom.